The van der Waals surface area contributed by atoms with E-state index in [-0.39, 0.29) is 0 Å². The maximum Gasteiger partial charge on any atom is 0.153 e. The van der Waals surface area contributed by atoms with Gasteiger partial charge in [0.25, 0.3) is 0 Å². The summed E-state index contributed by atoms with van der Waals surface area (Å²) in [5, 5.41) is 4.64. The number of aryl methyl sites for hydroxylation is 2. The lowest BCUT2D eigenvalue weighted by Crippen LogP contribution is -2.10. The number of hydrogen-bond acceptors (Lipinski definition) is 3. The van der Waals surface area contributed by atoms with E-state index in [1.807, 2.05) is 4.68 Å². The van der Waals surface area contributed by atoms with E-state index in [1.165, 1.54) is 11.1 Å². The van der Waals surface area contributed by atoms with Crippen LogP contribution in [0.2, 0.25) is 0 Å². The number of rotatable bonds is 4. The second-order valence-electron chi connectivity index (χ2n) is 5.28. The molecule has 0 aliphatic heterocycles. The zero-order valence-electron chi connectivity index (χ0n) is 12.1. The summed E-state index contributed by atoms with van der Waals surface area (Å²) in [6.45, 7) is 8.99. The zero-order chi connectivity index (χ0) is 14.0. The van der Waals surface area contributed by atoms with Crippen molar-refractivity contribution in [3.8, 4) is 5.69 Å². The maximum absolute atomic E-state index is 5.67. The molecule has 0 atom stereocenters. The van der Waals surface area contributed by atoms with Crippen LogP contribution < -0.4 is 5.73 Å². The van der Waals surface area contributed by atoms with E-state index in [0.29, 0.717) is 12.5 Å². The Labute approximate surface area is 114 Å². The van der Waals surface area contributed by atoms with Crippen LogP contribution in [0.4, 0.5) is 0 Å². The first-order chi connectivity index (χ1) is 9.02. The predicted molar refractivity (Wildman–Crippen MR) is 77.7 cm³/mol. The van der Waals surface area contributed by atoms with Gasteiger partial charge >= 0.3 is 0 Å². The minimum absolute atomic E-state index is 0.323. The van der Waals surface area contributed by atoms with Gasteiger partial charge < -0.3 is 5.73 Å². The third-order valence-electron chi connectivity index (χ3n) is 3.16. The van der Waals surface area contributed by atoms with Crippen molar-refractivity contribution < 1.29 is 0 Å². The first-order valence-corrected chi connectivity index (χ1v) is 6.76. The van der Waals surface area contributed by atoms with Crippen molar-refractivity contribution in [3.63, 3.8) is 0 Å². The summed E-state index contributed by atoms with van der Waals surface area (Å²) >= 11 is 0. The van der Waals surface area contributed by atoms with E-state index in [2.05, 4.69) is 56.0 Å². The first-order valence-electron chi connectivity index (χ1n) is 6.76. The number of benzene rings is 1. The van der Waals surface area contributed by atoms with E-state index in [9.17, 15) is 0 Å². The third kappa shape index (κ3) is 2.84. The molecule has 1 aromatic carbocycles. The fraction of sp³-hybridized carbons (Fsp3) is 0.467. The molecule has 0 saturated heterocycles. The Balaban J connectivity index is 2.53. The van der Waals surface area contributed by atoms with Crippen LogP contribution in [-0.4, -0.2) is 21.3 Å². The molecular weight excluding hydrogens is 236 g/mol. The van der Waals surface area contributed by atoms with Crippen LogP contribution in [-0.2, 0) is 6.42 Å². The average molecular weight is 258 g/mol. The lowest BCUT2D eigenvalue weighted by atomic mass is 10.1. The molecular formula is C15H22N4. The summed E-state index contributed by atoms with van der Waals surface area (Å²) in [6.07, 6.45) is 0.743. The highest BCUT2D eigenvalue weighted by Gasteiger charge is 2.14. The molecule has 0 aliphatic carbocycles. The van der Waals surface area contributed by atoms with Crippen LogP contribution in [0.25, 0.3) is 5.69 Å². The van der Waals surface area contributed by atoms with Crippen LogP contribution in [0.15, 0.2) is 18.2 Å². The van der Waals surface area contributed by atoms with Crippen LogP contribution in [0.5, 0.6) is 0 Å². The SMILES string of the molecule is Cc1ccc(-n2nc(C(C)C)nc2CCN)c(C)c1. The molecule has 1 heterocycles. The largest absolute Gasteiger partial charge is 0.330 e. The summed E-state index contributed by atoms with van der Waals surface area (Å²) in [5.41, 5.74) is 9.23. The van der Waals surface area contributed by atoms with E-state index in [4.69, 9.17) is 5.73 Å². The average Bonchev–Trinajstić information content (AvgIpc) is 2.74. The lowest BCUT2D eigenvalue weighted by molar-refractivity contribution is 0.741. The maximum atomic E-state index is 5.67. The monoisotopic (exact) mass is 258 g/mol. The second kappa shape index (κ2) is 5.53. The molecule has 0 fully saturated rings. The van der Waals surface area contributed by atoms with E-state index >= 15 is 0 Å². The van der Waals surface area contributed by atoms with Gasteiger partial charge in [-0.1, -0.05) is 31.5 Å². The molecule has 0 bridgehead atoms. The smallest absolute Gasteiger partial charge is 0.153 e. The number of nitrogens with zero attached hydrogens (tertiary/aromatic N) is 3. The Kier molecular flexibility index (Phi) is 4.00. The van der Waals surface area contributed by atoms with Crippen LogP contribution in [0, 0.1) is 13.8 Å². The van der Waals surface area contributed by atoms with Crippen LogP contribution in [0.3, 0.4) is 0 Å². The fourth-order valence-corrected chi connectivity index (χ4v) is 2.13. The molecule has 19 heavy (non-hydrogen) atoms. The summed E-state index contributed by atoms with van der Waals surface area (Å²) in [5.74, 6) is 2.14. The van der Waals surface area contributed by atoms with Crippen molar-refractivity contribution in [2.75, 3.05) is 6.54 Å². The van der Waals surface area contributed by atoms with E-state index in [0.717, 1.165) is 23.8 Å². The molecule has 2 aromatic rings. The van der Waals surface area contributed by atoms with Gasteiger partial charge in [0, 0.05) is 12.3 Å². The first kappa shape index (κ1) is 13.7. The normalized spacial score (nSPS) is 11.3. The number of nitrogens with two attached hydrogens (primary N) is 1. The molecule has 2 rings (SSSR count). The summed E-state index contributed by atoms with van der Waals surface area (Å²) in [4.78, 5) is 4.61. The van der Waals surface area contributed by atoms with Gasteiger partial charge in [0.05, 0.1) is 5.69 Å². The standard InChI is InChI=1S/C15H22N4/c1-10(2)15-17-14(7-8-16)19(18-15)13-6-5-11(3)9-12(13)4/h5-6,9-10H,7-8,16H2,1-4H3. The molecule has 0 aliphatic rings. The topological polar surface area (TPSA) is 56.7 Å². The van der Waals surface area contributed by atoms with Gasteiger partial charge in [0.15, 0.2) is 5.82 Å². The highest BCUT2D eigenvalue weighted by Crippen LogP contribution is 2.19. The third-order valence-corrected chi connectivity index (χ3v) is 3.16. The number of hydrogen-bond donors (Lipinski definition) is 1. The van der Waals surface area contributed by atoms with Gasteiger partial charge in [0.1, 0.15) is 5.82 Å². The minimum atomic E-state index is 0.323. The van der Waals surface area contributed by atoms with Crippen LogP contribution in [0.1, 0.15) is 42.5 Å². The Morgan fingerprint density at radius 2 is 2.00 bits per heavy atom. The minimum Gasteiger partial charge on any atom is -0.330 e. The Hall–Kier alpha value is -1.68. The Morgan fingerprint density at radius 1 is 1.26 bits per heavy atom. The van der Waals surface area contributed by atoms with E-state index in [1.54, 1.807) is 0 Å². The Bertz CT molecular complexity index is 570. The molecule has 4 heteroatoms. The summed E-state index contributed by atoms with van der Waals surface area (Å²) in [6, 6.07) is 6.37. The molecule has 0 amide bonds. The highest BCUT2D eigenvalue weighted by atomic mass is 15.4. The lowest BCUT2D eigenvalue weighted by Gasteiger charge is -2.09. The quantitative estimate of drug-likeness (QED) is 0.916. The molecule has 102 valence electrons. The van der Waals surface area contributed by atoms with Gasteiger partial charge in [-0.3, -0.25) is 0 Å². The molecule has 1 aromatic heterocycles. The van der Waals surface area contributed by atoms with Crippen molar-refractivity contribution in [1.82, 2.24) is 14.8 Å². The van der Waals surface area contributed by atoms with Crippen molar-refractivity contribution >= 4 is 0 Å². The van der Waals surface area contributed by atoms with E-state index < -0.39 is 0 Å². The van der Waals surface area contributed by atoms with Gasteiger partial charge in [0.2, 0.25) is 0 Å². The molecule has 2 N–H and O–H groups in total. The molecule has 0 radical (unpaired) electrons. The molecule has 0 unspecified atom stereocenters. The molecule has 0 saturated carbocycles. The molecule has 0 spiro atoms. The second-order valence-corrected chi connectivity index (χ2v) is 5.28. The zero-order valence-corrected chi connectivity index (χ0v) is 12.1. The van der Waals surface area contributed by atoms with Crippen LogP contribution >= 0.6 is 0 Å². The fourth-order valence-electron chi connectivity index (χ4n) is 2.13. The predicted octanol–water partition coefficient (Wildman–Crippen LogP) is 2.51. The number of aromatic nitrogens is 3. The highest BCUT2D eigenvalue weighted by molar-refractivity contribution is 5.42. The van der Waals surface area contributed by atoms with Crippen molar-refractivity contribution in [1.29, 1.82) is 0 Å². The van der Waals surface area contributed by atoms with Gasteiger partial charge in [-0.15, -0.1) is 0 Å². The van der Waals surface area contributed by atoms with Gasteiger partial charge in [-0.2, -0.15) is 5.10 Å². The Morgan fingerprint density at radius 3 is 2.58 bits per heavy atom. The molecule has 4 nitrogen and oxygen atoms in total. The van der Waals surface area contributed by atoms with Gasteiger partial charge in [-0.05, 0) is 32.0 Å². The summed E-state index contributed by atoms with van der Waals surface area (Å²) < 4.78 is 1.94. The van der Waals surface area contributed by atoms with Gasteiger partial charge in [-0.25, -0.2) is 9.67 Å². The van der Waals surface area contributed by atoms with Crippen molar-refractivity contribution in [2.45, 2.75) is 40.0 Å². The van der Waals surface area contributed by atoms with Crippen molar-refractivity contribution in [2.24, 2.45) is 5.73 Å². The van der Waals surface area contributed by atoms with Crippen molar-refractivity contribution in [3.05, 3.63) is 41.0 Å². The summed E-state index contributed by atoms with van der Waals surface area (Å²) in [7, 11) is 0.